The summed E-state index contributed by atoms with van der Waals surface area (Å²) in [7, 11) is 0. The number of hydrogen-bond acceptors (Lipinski definition) is 17. The molecule has 0 radical (unpaired) electrons. The van der Waals surface area contributed by atoms with Gasteiger partial charge in [0.05, 0.1) is 0 Å². The number of hydrogen-bond donors (Lipinski definition) is 2. The monoisotopic (exact) mass is 826 g/mol. The summed E-state index contributed by atoms with van der Waals surface area (Å²) in [5, 5.41) is 17.6. The summed E-state index contributed by atoms with van der Waals surface area (Å²) in [6.45, 7) is -0.837. The number of aliphatic carboxylic acids is 2. The molecule has 53 heavy (non-hydrogen) atoms. The van der Waals surface area contributed by atoms with Gasteiger partial charge < -0.3 is 38.6 Å². The zero-order valence-electron chi connectivity index (χ0n) is 27.7. The van der Waals surface area contributed by atoms with Crippen molar-refractivity contribution in [1.29, 1.82) is 0 Å². The normalized spacial score (nSPS) is 15.8. The third-order valence-electron chi connectivity index (χ3n) is 6.50. The number of thioether (sulfide) groups is 4. The molecule has 14 nitrogen and oxygen atoms in total. The van der Waals surface area contributed by atoms with E-state index in [-0.39, 0.29) is 35.6 Å². The Hall–Kier alpha value is -3.91. The first-order chi connectivity index (χ1) is 25.5. The third kappa shape index (κ3) is 15.9. The van der Waals surface area contributed by atoms with Crippen molar-refractivity contribution in [1.82, 2.24) is 0 Å². The molecule has 2 fully saturated rings. The van der Waals surface area contributed by atoms with E-state index in [0.29, 0.717) is 23.7 Å². The number of carbonyl (C=O) groups is 6. The number of esters is 4. The second kappa shape index (κ2) is 22.3. The summed E-state index contributed by atoms with van der Waals surface area (Å²) in [6.07, 6.45) is 0.841. The molecule has 4 rings (SSSR count). The van der Waals surface area contributed by atoms with Crippen molar-refractivity contribution in [3.8, 4) is 11.5 Å². The van der Waals surface area contributed by atoms with Crippen LogP contribution < -0.4 is 9.47 Å². The highest BCUT2D eigenvalue weighted by Crippen LogP contribution is 2.34. The average Bonchev–Trinajstić information content (AvgIpc) is 3.89. The van der Waals surface area contributed by atoms with E-state index >= 15 is 0 Å². The van der Waals surface area contributed by atoms with Crippen LogP contribution in [0.4, 0.5) is 0 Å². The summed E-state index contributed by atoms with van der Waals surface area (Å²) in [6, 6.07) is 14.1. The molecule has 0 bridgehead atoms. The topological polar surface area (TPSA) is 198 Å². The summed E-state index contributed by atoms with van der Waals surface area (Å²) in [5.74, 6) is -1.11. The van der Waals surface area contributed by atoms with E-state index in [1.807, 2.05) is 24.3 Å². The highest BCUT2D eigenvalue weighted by Gasteiger charge is 2.28. The maximum Gasteiger partial charge on any atom is 0.331 e. The van der Waals surface area contributed by atoms with Gasteiger partial charge in [-0.05, 0) is 48.5 Å². The molecule has 2 unspecified atom stereocenters. The van der Waals surface area contributed by atoms with Gasteiger partial charge in [-0.2, -0.15) is 0 Å². The standard InChI is InChI=1S/C34H34O14S5/c35-27(36)9-11-29(39)47-23(19-45-31(41)33-49-13-14-50-33)17-43-21-1-5-25(6-2-21)53-26-7-3-22(4-8-26)44-18-24(48-30(40)12-10-28(37)38)20-46-32(42)34-51-15-16-52-34/h1-12,23-24,33-34H,13-20H2,(H,35,36)(H,37,38)/b11-9-,12-10-. The lowest BCUT2D eigenvalue weighted by atomic mass is 10.3. The number of benzene rings is 2. The van der Waals surface area contributed by atoms with Crippen LogP contribution in [-0.4, -0.2) is 117 Å². The fourth-order valence-electron chi connectivity index (χ4n) is 4.12. The van der Waals surface area contributed by atoms with Crippen LogP contribution in [0.5, 0.6) is 11.5 Å². The van der Waals surface area contributed by atoms with E-state index in [4.69, 9.17) is 38.6 Å². The minimum Gasteiger partial charge on any atom is -0.490 e. The first-order valence-corrected chi connectivity index (χ1v) is 20.7. The molecule has 2 aromatic carbocycles. The van der Waals surface area contributed by atoms with Gasteiger partial charge in [0.2, 0.25) is 0 Å². The van der Waals surface area contributed by atoms with Crippen molar-refractivity contribution < 1.29 is 67.4 Å². The van der Waals surface area contributed by atoms with E-state index in [0.717, 1.165) is 45.0 Å². The van der Waals surface area contributed by atoms with E-state index in [1.54, 1.807) is 24.3 Å². The molecule has 2 N–H and O–H groups in total. The van der Waals surface area contributed by atoms with Crippen LogP contribution in [0.3, 0.4) is 0 Å². The van der Waals surface area contributed by atoms with Crippen LogP contribution in [0.15, 0.2) is 82.6 Å². The number of carbonyl (C=O) groups excluding carboxylic acids is 4. The molecule has 2 aliphatic heterocycles. The fourth-order valence-corrected chi connectivity index (χ4v) is 10.1. The minimum atomic E-state index is -1.31. The molecule has 0 amide bonds. The molecule has 0 spiro atoms. The zero-order chi connectivity index (χ0) is 38.0. The molecular weight excluding hydrogens is 793 g/mol. The van der Waals surface area contributed by atoms with Crippen molar-refractivity contribution in [2.24, 2.45) is 0 Å². The van der Waals surface area contributed by atoms with Gasteiger partial charge in [-0.1, -0.05) is 11.8 Å². The van der Waals surface area contributed by atoms with Gasteiger partial charge >= 0.3 is 35.8 Å². The Labute approximate surface area is 325 Å². The van der Waals surface area contributed by atoms with E-state index in [9.17, 15) is 28.8 Å². The van der Waals surface area contributed by atoms with Crippen molar-refractivity contribution in [3.63, 3.8) is 0 Å². The van der Waals surface area contributed by atoms with E-state index in [1.165, 1.54) is 58.8 Å². The summed E-state index contributed by atoms with van der Waals surface area (Å²) >= 11 is 7.34. The predicted octanol–water partition coefficient (Wildman–Crippen LogP) is 4.40. The van der Waals surface area contributed by atoms with Gasteiger partial charge in [0, 0.05) is 57.1 Å². The molecule has 2 saturated heterocycles. The fraction of sp³-hybridized carbons (Fsp3) is 0.353. The van der Waals surface area contributed by atoms with Gasteiger partial charge in [-0.15, -0.1) is 47.0 Å². The van der Waals surface area contributed by atoms with Crippen molar-refractivity contribution in [2.45, 2.75) is 31.2 Å². The van der Waals surface area contributed by atoms with Crippen LogP contribution in [0.25, 0.3) is 0 Å². The molecule has 19 heteroatoms. The molecule has 0 aliphatic carbocycles. The molecule has 0 aromatic heterocycles. The van der Waals surface area contributed by atoms with E-state index < -0.39 is 48.0 Å². The van der Waals surface area contributed by atoms with Gasteiger partial charge in [-0.25, -0.2) is 28.8 Å². The average molecular weight is 827 g/mol. The van der Waals surface area contributed by atoms with Gasteiger partial charge in [-0.3, -0.25) is 0 Å². The lowest BCUT2D eigenvalue weighted by Crippen LogP contribution is -2.31. The SMILES string of the molecule is O=C(O)/C=C\C(=O)OC(COC(=O)C1SCCS1)COc1ccc(Sc2ccc(OCC(COC(=O)C3SCCS3)OC(=O)/C=C\C(=O)O)cc2)cc1. The quantitative estimate of drug-likeness (QED) is 0.108. The second-order valence-corrected chi connectivity index (χ2v) is 17.1. The molecule has 2 heterocycles. The Morgan fingerprint density at radius 1 is 0.585 bits per heavy atom. The number of rotatable bonds is 20. The molecule has 2 atom stereocenters. The van der Waals surface area contributed by atoms with Crippen LogP contribution in [0.1, 0.15) is 0 Å². The number of carboxylic acid groups (broad SMARTS) is 2. The summed E-state index contributed by atoms with van der Waals surface area (Å²) < 4.78 is 32.1. The maximum atomic E-state index is 12.3. The molecule has 0 saturated carbocycles. The minimum absolute atomic E-state index is 0.154. The Morgan fingerprint density at radius 2 is 0.943 bits per heavy atom. The predicted molar refractivity (Wildman–Crippen MR) is 201 cm³/mol. The van der Waals surface area contributed by atoms with Crippen LogP contribution >= 0.6 is 58.8 Å². The van der Waals surface area contributed by atoms with Crippen LogP contribution in [0, 0.1) is 0 Å². The third-order valence-corrected chi connectivity index (χ3v) is 13.4. The lowest BCUT2D eigenvalue weighted by Gasteiger charge is -2.19. The first-order valence-electron chi connectivity index (χ1n) is 15.7. The first kappa shape index (κ1) is 41.8. The lowest BCUT2D eigenvalue weighted by molar-refractivity contribution is -0.156. The Kier molecular flexibility index (Phi) is 17.6. The highest BCUT2D eigenvalue weighted by molar-refractivity contribution is 8.21. The second-order valence-electron chi connectivity index (χ2n) is 10.5. The van der Waals surface area contributed by atoms with Crippen LogP contribution in [-0.2, 0) is 47.7 Å². The maximum absolute atomic E-state index is 12.3. The number of carboxylic acids is 2. The smallest absolute Gasteiger partial charge is 0.331 e. The Morgan fingerprint density at radius 3 is 1.28 bits per heavy atom. The molecule has 2 aliphatic rings. The highest BCUT2D eigenvalue weighted by atomic mass is 32.2. The summed E-state index contributed by atoms with van der Waals surface area (Å²) in [5.41, 5.74) is 0. The Balaban J connectivity index is 1.27. The molecule has 284 valence electrons. The van der Waals surface area contributed by atoms with Crippen molar-refractivity contribution >= 4 is 94.6 Å². The van der Waals surface area contributed by atoms with Gasteiger partial charge in [0.15, 0.2) is 12.2 Å². The van der Waals surface area contributed by atoms with E-state index in [2.05, 4.69) is 0 Å². The van der Waals surface area contributed by atoms with Crippen LogP contribution in [0.2, 0.25) is 0 Å². The van der Waals surface area contributed by atoms with Crippen molar-refractivity contribution in [2.75, 3.05) is 49.4 Å². The largest absolute Gasteiger partial charge is 0.490 e. The zero-order valence-corrected chi connectivity index (χ0v) is 31.8. The molecular formula is C34H34O14S5. The van der Waals surface area contributed by atoms with Gasteiger partial charge in [0.25, 0.3) is 0 Å². The summed E-state index contributed by atoms with van der Waals surface area (Å²) in [4.78, 5) is 72.2. The van der Waals surface area contributed by atoms with Gasteiger partial charge in [0.1, 0.15) is 47.1 Å². The Bertz CT molecular complexity index is 1500. The number of ether oxygens (including phenoxy) is 6. The molecule has 2 aromatic rings. The van der Waals surface area contributed by atoms with Crippen molar-refractivity contribution in [3.05, 3.63) is 72.8 Å².